The fourth-order valence-corrected chi connectivity index (χ4v) is 3.49. The van der Waals surface area contributed by atoms with Gasteiger partial charge in [-0.2, -0.15) is 0 Å². The quantitative estimate of drug-likeness (QED) is 0.619. The van der Waals surface area contributed by atoms with Gasteiger partial charge in [-0.3, -0.25) is 4.79 Å². The van der Waals surface area contributed by atoms with Crippen LogP contribution in [0.5, 0.6) is 0 Å². The molecule has 2 rings (SSSR count). The van der Waals surface area contributed by atoms with Gasteiger partial charge in [0, 0.05) is 25.3 Å². The molecule has 0 heterocycles. The molecule has 1 unspecified atom stereocenters. The number of rotatable bonds is 9. The largest absolute Gasteiger partial charge is 0.480 e. The SMILES string of the molecule is COCCNS(=O)(=O)c1cccc(C(=O)N(C2CC2)C(C)C(=O)O)c1. The summed E-state index contributed by atoms with van der Waals surface area (Å²) in [5.41, 5.74) is 0.148. The van der Waals surface area contributed by atoms with E-state index in [1.165, 1.54) is 43.2 Å². The molecule has 1 aromatic carbocycles. The second kappa shape index (κ2) is 7.94. The Morgan fingerprint density at radius 2 is 2.08 bits per heavy atom. The standard InChI is InChI=1S/C16H22N2O6S/c1-11(16(20)21)18(13-6-7-13)15(19)12-4-3-5-14(10-12)25(22,23)17-8-9-24-2/h3-5,10-11,13,17H,6-9H2,1-2H3,(H,20,21). The maximum atomic E-state index is 12.7. The van der Waals surface area contributed by atoms with E-state index in [4.69, 9.17) is 4.74 Å². The number of hydrogen-bond donors (Lipinski definition) is 2. The Hall–Kier alpha value is -1.97. The maximum Gasteiger partial charge on any atom is 0.326 e. The molecule has 1 aliphatic carbocycles. The lowest BCUT2D eigenvalue weighted by Gasteiger charge is -2.26. The fraction of sp³-hybridized carbons (Fsp3) is 0.500. The van der Waals surface area contributed by atoms with Crippen molar-refractivity contribution in [1.29, 1.82) is 0 Å². The van der Waals surface area contributed by atoms with Crippen LogP contribution in [-0.4, -0.2) is 62.6 Å². The zero-order chi connectivity index (χ0) is 18.6. The molecule has 8 nitrogen and oxygen atoms in total. The zero-order valence-electron chi connectivity index (χ0n) is 14.1. The first-order valence-corrected chi connectivity index (χ1v) is 9.40. The summed E-state index contributed by atoms with van der Waals surface area (Å²) in [5, 5.41) is 9.22. The number of carboxylic acid groups (broad SMARTS) is 1. The minimum Gasteiger partial charge on any atom is -0.480 e. The van der Waals surface area contributed by atoms with Crippen molar-refractivity contribution in [1.82, 2.24) is 9.62 Å². The van der Waals surface area contributed by atoms with Crippen LogP contribution in [0.4, 0.5) is 0 Å². The Balaban J connectivity index is 2.25. The topological polar surface area (TPSA) is 113 Å². The number of carbonyl (C=O) groups excluding carboxylic acids is 1. The van der Waals surface area contributed by atoms with Crippen LogP contribution in [0.3, 0.4) is 0 Å². The molecule has 0 bridgehead atoms. The van der Waals surface area contributed by atoms with Crippen LogP contribution in [0.2, 0.25) is 0 Å². The first kappa shape index (κ1) is 19.4. The van der Waals surface area contributed by atoms with Crippen molar-refractivity contribution in [2.45, 2.75) is 36.7 Å². The van der Waals surface area contributed by atoms with Crippen LogP contribution >= 0.6 is 0 Å². The number of aliphatic carboxylic acids is 1. The van der Waals surface area contributed by atoms with Crippen LogP contribution in [-0.2, 0) is 19.6 Å². The summed E-state index contributed by atoms with van der Waals surface area (Å²) in [5.74, 6) is -1.57. The van der Waals surface area contributed by atoms with Gasteiger partial charge in [0.25, 0.3) is 5.91 Å². The highest BCUT2D eigenvalue weighted by atomic mass is 32.2. The lowest BCUT2D eigenvalue weighted by Crippen LogP contribution is -2.44. The Labute approximate surface area is 146 Å². The number of carboxylic acids is 1. The lowest BCUT2D eigenvalue weighted by molar-refractivity contribution is -0.141. The van der Waals surface area contributed by atoms with Crippen molar-refractivity contribution in [2.24, 2.45) is 0 Å². The van der Waals surface area contributed by atoms with Crippen LogP contribution < -0.4 is 4.72 Å². The van der Waals surface area contributed by atoms with E-state index in [1.54, 1.807) is 0 Å². The summed E-state index contributed by atoms with van der Waals surface area (Å²) < 4.78 is 31.7. The number of ether oxygens (including phenoxy) is 1. The van der Waals surface area contributed by atoms with Crippen LogP contribution in [0.25, 0.3) is 0 Å². The molecule has 1 fully saturated rings. The average molecular weight is 370 g/mol. The van der Waals surface area contributed by atoms with Gasteiger partial charge < -0.3 is 14.7 Å². The Kier molecular flexibility index (Phi) is 6.15. The molecule has 1 amide bonds. The van der Waals surface area contributed by atoms with E-state index in [-0.39, 0.29) is 29.7 Å². The summed E-state index contributed by atoms with van der Waals surface area (Å²) in [4.78, 5) is 25.3. The van der Waals surface area contributed by atoms with Crippen LogP contribution in [0.1, 0.15) is 30.1 Å². The van der Waals surface area contributed by atoms with E-state index in [9.17, 15) is 23.1 Å². The number of benzene rings is 1. The number of amides is 1. The Morgan fingerprint density at radius 3 is 2.64 bits per heavy atom. The molecule has 2 N–H and O–H groups in total. The number of nitrogens with one attached hydrogen (secondary N) is 1. The predicted molar refractivity (Wildman–Crippen MR) is 89.8 cm³/mol. The lowest BCUT2D eigenvalue weighted by atomic mass is 10.1. The van der Waals surface area contributed by atoms with E-state index >= 15 is 0 Å². The molecule has 0 spiro atoms. The normalized spacial score (nSPS) is 15.6. The van der Waals surface area contributed by atoms with Gasteiger partial charge in [-0.1, -0.05) is 6.07 Å². The number of methoxy groups -OCH3 is 1. The van der Waals surface area contributed by atoms with Gasteiger partial charge >= 0.3 is 5.97 Å². The fourth-order valence-electron chi connectivity index (χ4n) is 2.44. The summed E-state index contributed by atoms with van der Waals surface area (Å²) in [7, 11) is -2.31. The van der Waals surface area contributed by atoms with E-state index in [0.717, 1.165) is 12.8 Å². The molecule has 25 heavy (non-hydrogen) atoms. The molecule has 1 atom stereocenters. The van der Waals surface area contributed by atoms with Crippen molar-refractivity contribution < 1.29 is 27.9 Å². The molecule has 1 saturated carbocycles. The molecule has 1 aromatic rings. The number of hydrogen-bond acceptors (Lipinski definition) is 5. The third-order valence-electron chi connectivity index (χ3n) is 3.94. The van der Waals surface area contributed by atoms with E-state index in [0.29, 0.717) is 0 Å². The van der Waals surface area contributed by atoms with Crippen molar-refractivity contribution in [3.05, 3.63) is 29.8 Å². The average Bonchev–Trinajstić information content (AvgIpc) is 3.40. The molecule has 0 aromatic heterocycles. The first-order chi connectivity index (χ1) is 11.8. The van der Waals surface area contributed by atoms with Gasteiger partial charge in [-0.25, -0.2) is 17.9 Å². The molecule has 9 heteroatoms. The van der Waals surface area contributed by atoms with Gasteiger partial charge in [0.2, 0.25) is 10.0 Å². The molecule has 138 valence electrons. The molecule has 0 aliphatic heterocycles. The van der Waals surface area contributed by atoms with E-state index < -0.39 is 27.9 Å². The monoisotopic (exact) mass is 370 g/mol. The highest BCUT2D eigenvalue weighted by Gasteiger charge is 2.38. The molecule has 0 radical (unpaired) electrons. The van der Waals surface area contributed by atoms with Crippen LogP contribution in [0.15, 0.2) is 29.2 Å². The van der Waals surface area contributed by atoms with Crippen molar-refractivity contribution in [2.75, 3.05) is 20.3 Å². The molecule has 0 saturated heterocycles. The second-order valence-corrected chi connectivity index (χ2v) is 7.64. The van der Waals surface area contributed by atoms with Gasteiger partial charge in [-0.05, 0) is 38.0 Å². The van der Waals surface area contributed by atoms with Gasteiger partial charge in [0.15, 0.2) is 0 Å². The number of sulfonamides is 1. The third kappa shape index (κ3) is 4.77. The smallest absolute Gasteiger partial charge is 0.326 e. The van der Waals surface area contributed by atoms with E-state index in [2.05, 4.69) is 4.72 Å². The number of nitrogens with zero attached hydrogens (tertiary/aromatic N) is 1. The van der Waals surface area contributed by atoms with Crippen molar-refractivity contribution in [3.63, 3.8) is 0 Å². The molecular formula is C16H22N2O6S. The van der Waals surface area contributed by atoms with Crippen molar-refractivity contribution in [3.8, 4) is 0 Å². The Bertz CT molecular complexity index is 745. The summed E-state index contributed by atoms with van der Waals surface area (Å²) in [6.45, 7) is 1.79. The highest BCUT2D eigenvalue weighted by molar-refractivity contribution is 7.89. The third-order valence-corrected chi connectivity index (χ3v) is 5.40. The maximum absolute atomic E-state index is 12.7. The van der Waals surface area contributed by atoms with Gasteiger partial charge in [0.1, 0.15) is 6.04 Å². The zero-order valence-corrected chi connectivity index (χ0v) is 15.0. The minimum atomic E-state index is -3.77. The highest BCUT2D eigenvalue weighted by Crippen LogP contribution is 2.30. The molecular weight excluding hydrogens is 348 g/mol. The summed E-state index contributed by atoms with van der Waals surface area (Å²) in [6.07, 6.45) is 1.50. The van der Waals surface area contributed by atoms with Gasteiger partial charge in [-0.15, -0.1) is 0 Å². The van der Waals surface area contributed by atoms with Crippen LogP contribution in [0, 0.1) is 0 Å². The number of carbonyl (C=O) groups is 2. The minimum absolute atomic E-state index is 0.0480. The van der Waals surface area contributed by atoms with Crippen molar-refractivity contribution >= 4 is 21.9 Å². The summed E-state index contributed by atoms with van der Waals surface area (Å²) in [6, 6.07) is 4.52. The second-order valence-electron chi connectivity index (χ2n) is 5.88. The Morgan fingerprint density at radius 1 is 1.40 bits per heavy atom. The first-order valence-electron chi connectivity index (χ1n) is 7.92. The predicted octanol–water partition coefficient (Wildman–Crippen LogP) is 0.689. The van der Waals surface area contributed by atoms with Gasteiger partial charge in [0.05, 0.1) is 11.5 Å². The molecule has 1 aliphatic rings. The van der Waals surface area contributed by atoms with E-state index in [1.807, 2.05) is 0 Å². The summed E-state index contributed by atoms with van der Waals surface area (Å²) >= 11 is 0.